The normalized spacial score (nSPS) is 19.0. The highest BCUT2D eigenvalue weighted by Gasteiger charge is 2.15. The fourth-order valence-corrected chi connectivity index (χ4v) is 1.93. The third-order valence-electron chi connectivity index (χ3n) is 2.92. The van der Waals surface area contributed by atoms with Gasteiger partial charge in [0.25, 0.3) is 0 Å². The maximum atomic E-state index is 11.1. The molecule has 0 aliphatic rings. The molecule has 1 atom stereocenters. The van der Waals surface area contributed by atoms with Crippen molar-refractivity contribution < 1.29 is 19.4 Å². The lowest BCUT2D eigenvalue weighted by atomic mass is 10.1. The number of nitrogens with zero attached hydrogens (tertiary/aromatic N) is 2. The van der Waals surface area contributed by atoms with Crippen molar-refractivity contribution in [1.82, 2.24) is 5.01 Å². The van der Waals surface area contributed by atoms with Gasteiger partial charge in [0.05, 0.1) is 13.2 Å². The van der Waals surface area contributed by atoms with E-state index in [-0.39, 0.29) is 11.6 Å². The summed E-state index contributed by atoms with van der Waals surface area (Å²) in [7, 11) is 0. The van der Waals surface area contributed by atoms with Crippen LogP contribution >= 0.6 is 0 Å². The summed E-state index contributed by atoms with van der Waals surface area (Å²) >= 11 is 0. The Morgan fingerprint density at radius 3 is 2.86 bits per heavy atom. The number of fused-ring (bicyclic) bond motifs is 1. The standard InChI is InChI=1S/C16H20N2O3/c1-12(2)18(17-20)10-14(19)11-21-16-9-5-7-13-6-3-4-8-15(13)16/h3-9,12,14,19H,10-11H2,1-2H3/i1D3,2D3,12D. The molecule has 0 saturated carbocycles. The lowest BCUT2D eigenvalue weighted by Gasteiger charge is -2.22. The zero-order chi connectivity index (χ0) is 21.2. The molecule has 0 fully saturated rings. The molecule has 0 radical (unpaired) electrons. The van der Waals surface area contributed by atoms with Crippen molar-refractivity contribution in [3.63, 3.8) is 0 Å². The molecule has 5 nitrogen and oxygen atoms in total. The van der Waals surface area contributed by atoms with Crippen LogP contribution in [0.5, 0.6) is 5.75 Å². The summed E-state index contributed by atoms with van der Waals surface area (Å²) in [5, 5.41) is 14.3. The Morgan fingerprint density at radius 1 is 1.33 bits per heavy atom. The Morgan fingerprint density at radius 2 is 2.10 bits per heavy atom. The minimum absolute atomic E-state index is 0.0319. The van der Waals surface area contributed by atoms with Gasteiger partial charge in [-0.05, 0) is 25.2 Å². The van der Waals surface area contributed by atoms with Crippen LogP contribution in [0.25, 0.3) is 10.8 Å². The highest BCUT2D eigenvalue weighted by Crippen LogP contribution is 2.25. The van der Waals surface area contributed by atoms with E-state index in [1.165, 1.54) is 0 Å². The number of aliphatic hydroxyl groups excluding tert-OH is 1. The molecule has 1 unspecified atom stereocenters. The van der Waals surface area contributed by atoms with Crippen LogP contribution in [0.4, 0.5) is 0 Å². The van der Waals surface area contributed by atoms with Gasteiger partial charge in [0.15, 0.2) is 0 Å². The molecule has 0 heterocycles. The average Bonchev–Trinajstić information content (AvgIpc) is 2.61. The maximum absolute atomic E-state index is 11.1. The monoisotopic (exact) mass is 295 g/mol. The highest BCUT2D eigenvalue weighted by molar-refractivity contribution is 5.88. The van der Waals surface area contributed by atoms with E-state index >= 15 is 0 Å². The van der Waals surface area contributed by atoms with Gasteiger partial charge < -0.3 is 9.84 Å². The molecule has 112 valence electrons. The first-order valence-corrected chi connectivity index (χ1v) is 6.31. The zero-order valence-corrected chi connectivity index (χ0v) is 11.2. The summed E-state index contributed by atoms with van der Waals surface area (Å²) in [5.74, 6) is 0.451. The van der Waals surface area contributed by atoms with Crippen LogP contribution in [-0.2, 0) is 0 Å². The van der Waals surface area contributed by atoms with Crippen molar-refractivity contribution in [2.24, 2.45) is 5.29 Å². The lowest BCUT2D eigenvalue weighted by molar-refractivity contribution is 0.0584. The van der Waals surface area contributed by atoms with E-state index in [0.29, 0.717) is 5.75 Å². The van der Waals surface area contributed by atoms with Crippen molar-refractivity contribution in [3.8, 4) is 5.75 Å². The lowest BCUT2D eigenvalue weighted by Crippen LogP contribution is -2.36. The van der Waals surface area contributed by atoms with Gasteiger partial charge in [-0.25, -0.2) is 0 Å². The van der Waals surface area contributed by atoms with E-state index in [2.05, 4.69) is 5.29 Å². The molecule has 0 saturated heterocycles. The average molecular weight is 295 g/mol. The SMILES string of the molecule is [2H]C([2H])([2H])C([2H])(N(CC(O)COc1cccc2ccccc12)N=O)C([2H])([2H])[2H]. The number of aliphatic hydroxyl groups is 1. The molecular formula is C16H20N2O3. The minimum atomic E-state index is -3.37. The minimum Gasteiger partial charge on any atom is -0.490 e. The van der Waals surface area contributed by atoms with Crippen LogP contribution in [0.1, 0.15) is 23.3 Å². The second-order valence-corrected chi connectivity index (χ2v) is 4.45. The van der Waals surface area contributed by atoms with E-state index in [1.807, 2.05) is 30.3 Å². The summed E-state index contributed by atoms with van der Waals surface area (Å²) in [6.45, 7) is -7.91. The van der Waals surface area contributed by atoms with Gasteiger partial charge in [0.2, 0.25) is 0 Å². The van der Waals surface area contributed by atoms with Gasteiger partial charge in [0, 0.05) is 19.6 Å². The Hall–Kier alpha value is -2.14. The number of benzene rings is 2. The molecule has 2 aromatic carbocycles. The second-order valence-electron chi connectivity index (χ2n) is 4.45. The van der Waals surface area contributed by atoms with Crippen molar-refractivity contribution in [2.75, 3.05) is 13.2 Å². The number of hydrogen-bond donors (Lipinski definition) is 1. The van der Waals surface area contributed by atoms with Crippen LogP contribution in [0, 0.1) is 4.91 Å². The molecule has 0 aliphatic heterocycles. The Balaban J connectivity index is 2.15. The summed E-state index contributed by atoms with van der Waals surface area (Å²) in [6, 6.07) is 9.34. The third-order valence-corrected chi connectivity index (χ3v) is 2.92. The number of ether oxygens (including phenoxy) is 1. The zero-order valence-electron chi connectivity index (χ0n) is 18.2. The van der Waals surface area contributed by atoms with E-state index in [4.69, 9.17) is 14.3 Å². The molecule has 21 heavy (non-hydrogen) atoms. The molecule has 5 heteroatoms. The van der Waals surface area contributed by atoms with E-state index in [1.54, 1.807) is 12.1 Å². The predicted molar refractivity (Wildman–Crippen MR) is 83.1 cm³/mol. The molecule has 2 rings (SSSR count). The van der Waals surface area contributed by atoms with Crippen LogP contribution in [0.15, 0.2) is 47.8 Å². The van der Waals surface area contributed by atoms with Crippen molar-refractivity contribution in [3.05, 3.63) is 47.4 Å². The first kappa shape index (κ1) is 8.34. The van der Waals surface area contributed by atoms with Gasteiger partial charge in [-0.1, -0.05) is 36.4 Å². The molecule has 0 bridgehead atoms. The van der Waals surface area contributed by atoms with Gasteiger partial charge >= 0.3 is 0 Å². The summed E-state index contributed by atoms with van der Waals surface area (Å²) in [5.41, 5.74) is 0. The Bertz CT molecular complexity index is 806. The molecule has 0 amide bonds. The summed E-state index contributed by atoms with van der Waals surface area (Å²) < 4.78 is 57.8. The van der Waals surface area contributed by atoms with E-state index in [0.717, 1.165) is 10.8 Å². The molecular weight excluding hydrogens is 268 g/mol. The summed E-state index contributed by atoms with van der Waals surface area (Å²) in [6.07, 6.45) is -1.47. The van der Waals surface area contributed by atoms with Gasteiger partial charge in [-0.15, -0.1) is 4.91 Å². The van der Waals surface area contributed by atoms with Gasteiger partial charge in [0.1, 0.15) is 18.5 Å². The molecule has 0 aliphatic carbocycles. The van der Waals surface area contributed by atoms with Crippen LogP contribution in [0.2, 0.25) is 0 Å². The predicted octanol–water partition coefficient (Wildman–Crippen LogP) is 2.97. The third kappa shape index (κ3) is 3.92. The van der Waals surface area contributed by atoms with Crippen molar-refractivity contribution in [1.29, 1.82) is 0 Å². The second kappa shape index (κ2) is 7.04. The van der Waals surface area contributed by atoms with Crippen molar-refractivity contribution >= 4 is 10.8 Å². The fraction of sp³-hybridized carbons (Fsp3) is 0.375. The fourth-order valence-electron chi connectivity index (χ4n) is 1.93. The number of rotatable bonds is 7. The first-order chi connectivity index (χ1) is 12.9. The Labute approximate surface area is 133 Å². The topological polar surface area (TPSA) is 62.1 Å². The number of hydrogen-bond acceptors (Lipinski definition) is 4. The Kier molecular flexibility index (Phi) is 2.79. The summed E-state index contributed by atoms with van der Waals surface area (Å²) in [4.78, 5) is 11.1. The number of nitroso groups, excluding NO2 is 1. The van der Waals surface area contributed by atoms with Gasteiger partial charge in [-0.3, -0.25) is 5.01 Å². The smallest absolute Gasteiger partial charge is 0.127 e. The van der Waals surface area contributed by atoms with E-state index < -0.39 is 32.4 Å². The molecule has 0 spiro atoms. The molecule has 2 aromatic rings. The first-order valence-electron chi connectivity index (χ1n) is 9.81. The van der Waals surface area contributed by atoms with Gasteiger partial charge in [-0.2, -0.15) is 0 Å². The quantitative estimate of drug-likeness (QED) is 0.630. The van der Waals surface area contributed by atoms with Crippen LogP contribution in [-0.4, -0.2) is 35.4 Å². The van der Waals surface area contributed by atoms with Crippen LogP contribution < -0.4 is 4.74 Å². The molecule has 0 aromatic heterocycles. The van der Waals surface area contributed by atoms with E-state index in [9.17, 15) is 10.0 Å². The maximum Gasteiger partial charge on any atom is 0.127 e. The highest BCUT2D eigenvalue weighted by atomic mass is 16.5. The van der Waals surface area contributed by atoms with Crippen LogP contribution in [0.3, 0.4) is 0 Å². The molecule has 1 N–H and O–H groups in total. The van der Waals surface area contributed by atoms with Crippen molar-refractivity contribution in [2.45, 2.75) is 25.8 Å². The largest absolute Gasteiger partial charge is 0.490 e.